The topological polar surface area (TPSA) is 66.3 Å². The molecule has 110 valence electrons. The smallest absolute Gasteiger partial charge is 0.356 e. The molecular weight excluding hydrogens is 273 g/mol. The van der Waals surface area contributed by atoms with Gasteiger partial charge in [-0.25, -0.2) is 19.2 Å². The van der Waals surface area contributed by atoms with Gasteiger partial charge in [0.15, 0.2) is 5.69 Å². The van der Waals surface area contributed by atoms with Gasteiger partial charge in [0.2, 0.25) is 0 Å². The van der Waals surface area contributed by atoms with E-state index in [2.05, 4.69) is 9.97 Å². The largest absolute Gasteiger partial charge is 0.476 e. The van der Waals surface area contributed by atoms with Crippen molar-refractivity contribution >= 4 is 17.3 Å². The summed E-state index contributed by atoms with van der Waals surface area (Å²) in [7, 11) is 1.69. The molecule has 0 radical (unpaired) electrons. The van der Waals surface area contributed by atoms with Gasteiger partial charge in [-0.3, -0.25) is 0 Å². The average Bonchev–Trinajstić information content (AvgIpc) is 2.46. The van der Waals surface area contributed by atoms with E-state index in [0.29, 0.717) is 17.2 Å². The number of hydrogen-bond donors (Lipinski definition) is 1. The summed E-state index contributed by atoms with van der Waals surface area (Å²) in [6.07, 6.45) is 1.48. The first kappa shape index (κ1) is 14.9. The van der Waals surface area contributed by atoms with E-state index in [1.54, 1.807) is 24.1 Å². The third-order valence-corrected chi connectivity index (χ3v) is 3.08. The SMILES string of the molecule is CC(C)c1ncc(N(C)c2ccc(F)cc2)c(C(=O)O)n1. The predicted octanol–water partition coefficient (Wildman–Crippen LogP) is 3.21. The molecule has 0 amide bonds. The van der Waals surface area contributed by atoms with Crippen LogP contribution >= 0.6 is 0 Å². The Hall–Kier alpha value is -2.50. The van der Waals surface area contributed by atoms with Crippen LogP contribution in [0.3, 0.4) is 0 Å². The molecule has 1 aromatic heterocycles. The maximum atomic E-state index is 13.0. The zero-order chi connectivity index (χ0) is 15.6. The van der Waals surface area contributed by atoms with Gasteiger partial charge in [0, 0.05) is 18.7 Å². The molecule has 21 heavy (non-hydrogen) atoms. The Bertz CT molecular complexity index is 656. The number of benzene rings is 1. The summed E-state index contributed by atoms with van der Waals surface area (Å²) in [5.41, 5.74) is 0.943. The van der Waals surface area contributed by atoms with Gasteiger partial charge in [-0.15, -0.1) is 0 Å². The molecule has 0 aliphatic heterocycles. The Labute approximate surface area is 122 Å². The van der Waals surface area contributed by atoms with Gasteiger partial charge in [-0.1, -0.05) is 13.8 Å². The Morgan fingerprint density at radius 2 is 1.90 bits per heavy atom. The van der Waals surface area contributed by atoms with Crippen molar-refractivity contribution in [2.75, 3.05) is 11.9 Å². The molecule has 6 heteroatoms. The summed E-state index contributed by atoms with van der Waals surface area (Å²) >= 11 is 0. The van der Waals surface area contributed by atoms with Crippen LogP contribution in [0.2, 0.25) is 0 Å². The minimum Gasteiger partial charge on any atom is -0.476 e. The van der Waals surface area contributed by atoms with Crippen LogP contribution in [0.4, 0.5) is 15.8 Å². The molecule has 2 aromatic rings. The van der Waals surface area contributed by atoms with Crippen LogP contribution in [0.5, 0.6) is 0 Å². The van der Waals surface area contributed by atoms with Crippen molar-refractivity contribution in [3.05, 3.63) is 47.8 Å². The van der Waals surface area contributed by atoms with Crippen LogP contribution in [-0.4, -0.2) is 28.1 Å². The molecule has 0 saturated carbocycles. The number of aromatic carboxylic acids is 1. The highest BCUT2D eigenvalue weighted by molar-refractivity contribution is 5.93. The Kier molecular flexibility index (Phi) is 4.16. The minimum atomic E-state index is -1.12. The minimum absolute atomic E-state index is 0.0354. The van der Waals surface area contributed by atoms with Gasteiger partial charge in [0.1, 0.15) is 11.6 Å². The number of rotatable bonds is 4. The molecule has 0 bridgehead atoms. The molecule has 1 heterocycles. The van der Waals surface area contributed by atoms with Gasteiger partial charge in [0.25, 0.3) is 0 Å². The molecule has 0 atom stereocenters. The highest BCUT2D eigenvalue weighted by Gasteiger charge is 2.19. The maximum absolute atomic E-state index is 13.0. The third kappa shape index (κ3) is 3.16. The molecule has 0 saturated heterocycles. The maximum Gasteiger partial charge on any atom is 0.356 e. The van der Waals surface area contributed by atoms with Crippen molar-refractivity contribution in [2.24, 2.45) is 0 Å². The second-order valence-electron chi connectivity index (χ2n) is 4.96. The quantitative estimate of drug-likeness (QED) is 0.936. The molecule has 1 aromatic carbocycles. The first-order valence-electron chi connectivity index (χ1n) is 6.49. The molecule has 0 unspecified atom stereocenters. The standard InChI is InChI=1S/C15H16FN3O2/c1-9(2)14-17-8-12(13(18-14)15(20)21)19(3)11-6-4-10(16)5-7-11/h4-9H,1-3H3,(H,20,21). The van der Waals surface area contributed by atoms with Gasteiger partial charge < -0.3 is 10.0 Å². The normalized spacial score (nSPS) is 10.7. The highest BCUT2D eigenvalue weighted by atomic mass is 19.1. The number of anilines is 2. The van der Waals surface area contributed by atoms with Gasteiger partial charge in [-0.2, -0.15) is 0 Å². The Morgan fingerprint density at radius 1 is 1.29 bits per heavy atom. The summed E-state index contributed by atoms with van der Waals surface area (Å²) in [6.45, 7) is 3.79. The summed E-state index contributed by atoms with van der Waals surface area (Å²) in [5.74, 6) is -0.961. The van der Waals surface area contributed by atoms with Crippen LogP contribution in [0, 0.1) is 5.82 Å². The number of carbonyl (C=O) groups is 1. The van der Waals surface area contributed by atoms with Crippen LogP contribution in [0.25, 0.3) is 0 Å². The van der Waals surface area contributed by atoms with Gasteiger partial charge in [-0.05, 0) is 24.3 Å². The first-order valence-corrected chi connectivity index (χ1v) is 6.49. The fraction of sp³-hybridized carbons (Fsp3) is 0.267. The van der Waals surface area contributed by atoms with E-state index >= 15 is 0 Å². The monoisotopic (exact) mass is 289 g/mol. The van der Waals surface area contributed by atoms with E-state index in [-0.39, 0.29) is 17.4 Å². The molecule has 2 rings (SSSR count). The van der Waals surface area contributed by atoms with Crippen LogP contribution in [0.15, 0.2) is 30.5 Å². The second kappa shape index (κ2) is 5.87. The van der Waals surface area contributed by atoms with Gasteiger partial charge in [0.05, 0.1) is 11.9 Å². The van der Waals surface area contributed by atoms with Crippen molar-refractivity contribution in [2.45, 2.75) is 19.8 Å². The number of carboxylic acids is 1. The molecule has 0 fully saturated rings. The van der Waals surface area contributed by atoms with E-state index in [1.165, 1.54) is 18.3 Å². The van der Waals surface area contributed by atoms with E-state index in [1.807, 2.05) is 13.8 Å². The molecule has 1 N–H and O–H groups in total. The number of aromatic nitrogens is 2. The Balaban J connectivity index is 2.47. The summed E-state index contributed by atoms with van der Waals surface area (Å²) in [6, 6.07) is 5.76. The third-order valence-electron chi connectivity index (χ3n) is 3.08. The predicted molar refractivity (Wildman–Crippen MR) is 77.5 cm³/mol. The zero-order valence-corrected chi connectivity index (χ0v) is 12.0. The fourth-order valence-corrected chi connectivity index (χ4v) is 1.87. The van der Waals surface area contributed by atoms with Crippen molar-refractivity contribution < 1.29 is 14.3 Å². The van der Waals surface area contributed by atoms with Gasteiger partial charge >= 0.3 is 5.97 Å². The molecular formula is C15H16FN3O2. The Morgan fingerprint density at radius 3 is 2.43 bits per heavy atom. The van der Waals surface area contributed by atoms with Crippen LogP contribution in [-0.2, 0) is 0 Å². The lowest BCUT2D eigenvalue weighted by atomic mass is 10.2. The zero-order valence-electron chi connectivity index (χ0n) is 12.0. The summed E-state index contributed by atoms with van der Waals surface area (Å²) in [4.78, 5) is 21.3. The van der Waals surface area contributed by atoms with Crippen molar-refractivity contribution in [3.8, 4) is 0 Å². The van der Waals surface area contributed by atoms with E-state index in [0.717, 1.165) is 0 Å². The summed E-state index contributed by atoms with van der Waals surface area (Å²) < 4.78 is 13.0. The lowest BCUT2D eigenvalue weighted by Gasteiger charge is -2.21. The average molecular weight is 289 g/mol. The van der Waals surface area contributed by atoms with Crippen molar-refractivity contribution in [1.82, 2.24) is 9.97 Å². The molecule has 0 spiro atoms. The van der Waals surface area contributed by atoms with Crippen LogP contribution < -0.4 is 4.90 Å². The molecule has 5 nitrogen and oxygen atoms in total. The van der Waals surface area contributed by atoms with E-state index in [4.69, 9.17) is 0 Å². The fourth-order valence-electron chi connectivity index (χ4n) is 1.87. The number of halogens is 1. The van der Waals surface area contributed by atoms with Crippen molar-refractivity contribution in [3.63, 3.8) is 0 Å². The lowest BCUT2D eigenvalue weighted by Crippen LogP contribution is -2.17. The highest BCUT2D eigenvalue weighted by Crippen LogP contribution is 2.26. The lowest BCUT2D eigenvalue weighted by molar-refractivity contribution is 0.0690. The number of nitrogens with zero attached hydrogens (tertiary/aromatic N) is 3. The van der Waals surface area contributed by atoms with Crippen molar-refractivity contribution in [1.29, 1.82) is 0 Å². The van der Waals surface area contributed by atoms with E-state index in [9.17, 15) is 14.3 Å². The molecule has 0 aliphatic carbocycles. The number of carboxylic acid groups (broad SMARTS) is 1. The first-order chi connectivity index (χ1) is 9.90. The second-order valence-corrected chi connectivity index (χ2v) is 4.96. The van der Waals surface area contributed by atoms with E-state index < -0.39 is 5.97 Å². The molecule has 0 aliphatic rings. The van der Waals surface area contributed by atoms with Crippen LogP contribution in [0.1, 0.15) is 36.1 Å². The summed E-state index contributed by atoms with van der Waals surface area (Å²) in [5, 5.41) is 9.33. The number of hydrogen-bond acceptors (Lipinski definition) is 4.